The van der Waals surface area contributed by atoms with Crippen LogP contribution in [-0.2, 0) is 11.4 Å². The van der Waals surface area contributed by atoms with E-state index in [1.54, 1.807) is 25.3 Å². The molecule has 30 heavy (non-hydrogen) atoms. The predicted molar refractivity (Wildman–Crippen MR) is 121 cm³/mol. The third-order valence-electron chi connectivity index (χ3n) is 5.16. The monoisotopic (exact) mass is 452 g/mol. The van der Waals surface area contributed by atoms with Crippen LogP contribution in [0.5, 0.6) is 11.5 Å². The summed E-state index contributed by atoms with van der Waals surface area (Å²) in [5.74, 6) is 0.974. The van der Waals surface area contributed by atoms with E-state index in [0.29, 0.717) is 30.0 Å². The van der Waals surface area contributed by atoms with E-state index in [-0.39, 0.29) is 37.3 Å². The van der Waals surface area contributed by atoms with Crippen molar-refractivity contribution >= 4 is 42.1 Å². The highest BCUT2D eigenvalue weighted by Gasteiger charge is 2.37. The number of carbonyl (C=O) groups excluding carboxylic acids is 1. The second-order valence-corrected chi connectivity index (χ2v) is 7.17. The maximum Gasteiger partial charge on any atom is 0.244 e. The van der Waals surface area contributed by atoms with Crippen LogP contribution in [0.2, 0.25) is 0 Å². The summed E-state index contributed by atoms with van der Waals surface area (Å²) in [5, 5.41) is 2.92. The van der Waals surface area contributed by atoms with Gasteiger partial charge in [-0.25, -0.2) is 4.98 Å². The maximum atomic E-state index is 12.6. The number of hydrogen-bond donors (Lipinski definition) is 2. The van der Waals surface area contributed by atoms with Crippen LogP contribution in [0.4, 0.5) is 5.69 Å². The molecule has 0 saturated heterocycles. The normalized spacial score (nSPS) is 14.5. The third-order valence-corrected chi connectivity index (χ3v) is 5.16. The number of aromatic nitrogens is 2. The van der Waals surface area contributed by atoms with Crippen LogP contribution in [-0.4, -0.2) is 27.9 Å². The first-order valence-electron chi connectivity index (χ1n) is 9.41. The lowest BCUT2D eigenvalue weighted by Gasteiger charge is -2.22. The van der Waals surface area contributed by atoms with Gasteiger partial charge in [0.05, 0.1) is 18.3 Å². The molecule has 0 atom stereocenters. The van der Waals surface area contributed by atoms with Gasteiger partial charge in [-0.15, -0.1) is 24.8 Å². The Kier molecular flexibility index (Phi) is 7.95. The Morgan fingerprint density at radius 2 is 1.97 bits per heavy atom. The smallest absolute Gasteiger partial charge is 0.244 e. The molecule has 3 N–H and O–H groups in total. The van der Waals surface area contributed by atoms with Crippen molar-refractivity contribution in [1.29, 1.82) is 0 Å². The minimum absolute atomic E-state index is 0. The summed E-state index contributed by atoms with van der Waals surface area (Å²) in [6, 6.07) is 11.1. The summed E-state index contributed by atoms with van der Waals surface area (Å²) in [6.07, 6.45) is 7.26. The highest BCUT2D eigenvalue weighted by Crippen LogP contribution is 2.33. The number of nitrogens with two attached hydrogens (primary N) is 1. The molecular weight excluding hydrogens is 427 g/mol. The zero-order chi connectivity index (χ0) is 19.6. The molecule has 1 aromatic carbocycles. The first-order valence-corrected chi connectivity index (χ1v) is 9.41. The quantitative estimate of drug-likeness (QED) is 0.590. The second kappa shape index (κ2) is 10.0. The third kappa shape index (κ3) is 4.98. The molecular formula is C21H26Cl2N4O3. The van der Waals surface area contributed by atoms with Gasteiger partial charge in [-0.2, -0.15) is 0 Å². The fraction of sp³-hybridized carbons (Fsp3) is 0.333. The van der Waals surface area contributed by atoms with E-state index in [9.17, 15) is 4.79 Å². The van der Waals surface area contributed by atoms with Crippen LogP contribution in [0.1, 0.15) is 31.4 Å². The van der Waals surface area contributed by atoms with E-state index >= 15 is 0 Å². The summed E-state index contributed by atoms with van der Waals surface area (Å²) in [7, 11) is 1.58. The molecule has 0 spiro atoms. The largest absolute Gasteiger partial charge is 0.493 e. The summed E-state index contributed by atoms with van der Waals surface area (Å²) in [6.45, 7) is 0.288. The fourth-order valence-corrected chi connectivity index (χ4v) is 3.56. The molecule has 162 valence electrons. The van der Waals surface area contributed by atoms with E-state index in [2.05, 4.69) is 10.3 Å². The summed E-state index contributed by atoms with van der Waals surface area (Å²) in [4.78, 5) is 17.1. The van der Waals surface area contributed by atoms with Crippen LogP contribution in [0.15, 0.2) is 48.8 Å². The SMILES string of the molecule is COc1ccc(NC(=O)C2(N)CCCC2)cc1OCc1cn2ccccc2n1.Cl.Cl. The average Bonchev–Trinajstić information content (AvgIpc) is 3.33. The minimum Gasteiger partial charge on any atom is -0.493 e. The lowest BCUT2D eigenvalue weighted by atomic mass is 9.98. The van der Waals surface area contributed by atoms with E-state index in [4.69, 9.17) is 15.2 Å². The van der Waals surface area contributed by atoms with Crippen molar-refractivity contribution in [1.82, 2.24) is 9.38 Å². The number of anilines is 1. The van der Waals surface area contributed by atoms with E-state index in [1.807, 2.05) is 35.0 Å². The lowest BCUT2D eigenvalue weighted by molar-refractivity contribution is -0.121. The Labute approximate surface area is 187 Å². The zero-order valence-corrected chi connectivity index (χ0v) is 18.3. The van der Waals surface area contributed by atoms with Gasteiger partial charge in [-0.05, 0) is 37.1 Å². The van der Waals surface area contributed by atoms with Gasteiger partial charge >= 0.3 is 0 Å². The van der Waals surface area contributed by atoms with Gasteiger partial charge in [-0.3, -0.25) is 4.79 Å². The van der Waals surface area contributed by atoms with Crippen LogP contribution in [0, 0.1) is 0 Å². The number of benzene rings is 1. The summed E-state index contributed by atoms with van der Waals surface area (Å²) >= 11 is 0. The number of fused-ring (bicyclic) bond motifs is 1. The van der Waals surface area contributed by atoms with Crippen molar-refractivity contribution in [2.75, 3.05) is 12.4 Å². The number of methoxy groups -OCH3 is 1. The lowest BCUT2D eigenvalue weighted by Crippen LogP contribution is -2.48. The maximum absolute atomic E-state index is 12.6. The molecule has 0 unspecified atom stereocenters. The van der Waals surface area contributed by atoms with Crippen LogP contribution < -0.4 is 20.5 Å². The molecule has 0 aliphatic heterocycles. The van der Waals surface area contributed by atoms with Gasteiger partial charge in [-0.1, -0.05) is 18.9 Å². The van der Waals surface area contributed by atoms with Crippen molar-refractivity contribution < 1.29 is 14.3 Å². The summed E-state index contributed by atoms with van der Waals surface area (Å²) in [5.41, 5.74) is 7.75. The number of amides is 1. The molecule has 2 heterocycles. The van der Waals surface area contributed by atoms with Crippen molar-refractivity contribution in [3.63, 3.8) is 0 Å². The first kappa shape index (κ1) is 23.8. The number of nitrogens with zero attached hydrogens (tertiary/aromatic N) is 2. The Balaban J connectivity index is 0.00000160. The molecule has 2 aromatic heterocycles. The van der Waals surface area contributed by atoms with Gasteiger partial charge in [0.2, 0.25) is 5.91 Å². The second-order valence-electron chi connectivity index (χ2n) is 7.17. The van der Waals surface area contributed by atoms with Crippen LogP contribution >= 0.6 is 24.8 Å². The molecule has 1 fully saturated rings. The molecule has 7 nitrogen and oxygen atoms in total. The Morgan fingerprint density at radius 3 is 2.67 bits per heavy atom. The molecule has 1 aliphatic rings. The zero-order valence-electron chi connectivity index (χ0n) is 16.7. The van der Waals surface area contributed by atoms with Crippen LogP contribution in [0.25, 0.3) is 5.65 Å². The van der Waals surface area contributed by atoms with E-state index in [1.165, 1.54) is 0 Å². The Hall–Kier alpha value is -2.48. The Bertz CT molecular complexity index is 970. The number of pyridine rings is 1. The van der Waals surface area contributed by atoms with Gasteiger partial charge in [0.25, 0.3) is 0 Å². The molecule has 1 amide bonds. The average molecular weight is 453 g/mol. The number of nitrogens with one attached hydrogen (secondary N) is 1. The topological polar surface area (TPSA) is 90.9 Å². The van der Waals surface area contributed by atoms with Crippen molar-refractivity contribution in [3.05, 3.63) is 54.5 Å². The molecule has 3 aromatic rings. The molecule has 1 saturated carbocycles. The molecule has 4 rings (SSSR count). The van der Waals surface area contributed by atoms with E-state index < -0.39 is 5.54 Å². The Morgan fingerprint density at radius 1 is 1.20 bits per heavy atom. The first-order chi connectivity index (χ1) is 13.6. The van der Waals surface area contributed by atoms with Gasteiger partial charge in [0.15, 0.2) is 11.5 Å². The number of imidazole rings is 1. The number of hydrogen-bond acceptors (Lipinski definition) is 5. The van der Waals surface area contributed by atoms with Gasteiger partial charge in [0.1, 0.15) is 12.3 Å². The van der Waals surface area contributed by atoms with Crippen molar-refractivity contribution in [3.8, 4) is 11.5 Å². The van der Waals surface area contributed by atoms with E-state index in [0.717, 1.165) is 24.2 Å². The highest BCUT2D eigenvalue weighted by atomic mass is 35.5. The van der Waals surface area contributed by atoms with Crippen LogP contribution in [0.3, 0.4) is 0 Å². The molecule has 0 radical (unpaired) electrons. The number of ether oxygens (including phenoxy) is 2. The standard InChI is InChI=1S/C21H24N4O3.2ClH/c1-27-17-8-7-15(24-20(26)21(22)9-3-4-10-21)12-18(17)28-14-16-13-25-11-5-2-6-19(25)23-16;;/h2,5-8,11-13H,3-4,9-10,14,22H2,1H3,(H,24,26);2*1H. The number of carbonyl (C=O) groups is 1. The number of halogens is 2. The molecule has 1 aliphatic carbocycles. The summed E-state index contributed by atoms with van der Waals surface area (Å²) < 4.78 is 13.3. The van der Waals surface area contributed by atoms with Crippen molar-refractivity contribution in [2.24, 2.45) is 5.73 Å². The van der Waals surface area contributed by atoms with Crippen molar-refractivity contribution in [2.45, 2.75) is 37.8 Å². The minimum atomic E-state index is -0.780. The molecule has 9 heteroatoms. The van der Waals surface area contributed by atoms with Gasteiger partial charge < -0.3 is 24.9 Å². The fourth-order valence-electron chi connectivity index (χ4n) is 3.56. The predicted octanol–water partition coefficient (Wildman–Crippen LogP) is 3.98. The highest BCUT2D eigenvalue weighted by molar-refractivity contribution is 5.98. The van der Waals surface area contributed by atoms with Gasteiger partial charge in [0, 0.05) is 24.1 Å². The molecule has 0 bridgehead atoms. The number of rotatable bonds is 6.